The Morgan fingerprint density at radius 2 is 2.12 bits per heavy atom. The third-order valence-corrected chi connectivity index (χ3v) is 2.80. The Morgan fingerprint density at radius 1 is 1.29 bits per heavy atom. The van der Waals surface area contributed by atoms with E-state index in [2.05, 4.69) is 20.9 Å². The fourth-order valence-corrected chi connectivity index (χ4v) is 1.74. The number of hydrogen-bond acceptors (Lipinski definition) is 3. The molecule has 0 aliphatic rings. The maximum Gasteiger partial charge on any atom is 0.145 e. The average Bonchev–Trinajstić information content (AvgIpc) is 2.32. The lowest BCUT2D eigenvalue weighted by Crippen LogP contribution is -1.92. The van der Waals surface area contributed by atoms with Gasteiger partial charge in [0.1, 0.15) is 11.5 Å². The molecule has 4 heteroatoms. The number of rotatable bonds is 3. The van der Waals surface area contributed by atoms with Crippen LogP contribution < -0.4 is 4.74 Å². The molecule has 0 saturated carbocycles. The molecule has 0 aliphatic heterocycles. The molecule has 0 aliphatic carbocycles. The van der Waals surface area contributed by atoms with E-state index in [0.717, 1.165) is 15.7 Å². The van der Waals surface area contributed by atoms with Crippen LogP contribution in [0.4, 0.5) is 0 Å². The van der Waals surface area contributed by atoms with Crippen LogP contribution in [0.5, 0.6) is 11.5 Å². The SMILES string of the molecule is Cc1ccc(Oc2cc(Br)ccc2CO)cn1. The van der Waals surface area contributed by atoms with Crippen LogP contribution in [0.1, 0.15) is 11.3 Å². The molecule has 1 aromatic heterocycles. The van der Waals surface area contributed by atoms with Gasteiger partial charge in [-0.05, 0) is 31.2 Å². The quantitative estimate of drug-likeness (QED) is 0.943. The van der Waals surface area contributed by atoms with Crippen LogP contribution >= 0.6 is 15.9 Å². The van der Waals surface area contributed by atoms with E-state index in [9.17, 15) is 5.11 Å². The van der Waals surface area contributed by atoms with Crippen molar-refractivity contribution in [2.24, 2.45) is 0 Å². The first-order valence-corrected chi connectivity index (χ1v) is 5.98. The molecule has 2 rings (SSSR count). The topological polar surface area (TPSA) is 42.4 Å². The van der Waals surface area contributed by atoms with Gasteiger partial charge in [-0.3, -0.25) is 4.98 Å². The third-order valence-electron chi connectivity index (χ3n) is 2.31. The summed E-state index contributed by atoms with van der Waals surface area (Å²) in [7, 11) is 0. The van der Waals surface area contributed by atoms with Gasteiger partial charge in [0, 0.05) is 15.7 Å². The summed E-state index contributed by atoms with van der Waals surface area (Å²) in [4.78, 5) is 4.15. The van der Waals surface area contributed by atoms with Crippen LogP contribution in [-0.2, 0) is 6.61 Å². The van der Waals surface area contributed by atoms with Crippen molar-refractivity contribution in [2.45, 2.75) is 13.5 Å². The van der Waals surface area contributed by atoms with Crippen LogP contribution in [0.25, 0.3) is 0 Å². The van der Waals surface area contributed by atoms with Crippen molar-refractivity contribution < 1.29 is 9.84 Å². The lowest BCUT2D eigenvalue weighted by Gasteiger charge is -2.10. The second-order valence-electron chi connectivity index (χ2n) is 3.65. The molecule has 1 N–H and O–H groups in total. The number of benzene rings is 1. The highest BCUT2D eigenvalue weighted by atomic mass is 79.9. The molecule has 2 aromatic rings. The van der Waals surface area contributed by atoms with E-state index in [1.54, 1.807) is 6.20 Å². The van der Waals surface area contributed by atoms with Gasteiger partial charge in [0.2, 0.25) is 0 Å². The Kier molecular flexibility index (Phi) is 3.76. The van der Waals surface area contributed by atoms with Gasteiger partial charge in [-0.25, -0.2) is 0 Å². The molecule has 17 heavy (non-hydrogen) atoms. The summed E-state index contributed by atoms with van der Waals surface area (Å²) in [5.41, 5.74) is 1.68. The molecule has 3 nitrogen and oxygen atoms in total. The fraction of sp³-hybridized carbons (Fsp3) is 0.154. The predicted octanol–water partition coefficient (Wildman–Crippen LogP) is 3.44. The maximum absolute atomic E-state index is 9.22. The van der Waals surface area contributed by atoms with Crippen LogP contribution in [-0.4, -0.2) is 10.1 Å². The summed E-state index contributed by atoms with van der Waals surface area (Å²) in [5.74, 6) is 1.29. The zero-order valence-corrected chi connectivity index (χ0v) is 10.9. The van der Waals surface area contributed by atoms with Gasteiger partial charge in [-0.2, -0.15) is 0 Å². The minimum atomic E-state index is -0.0537. The summed E-state index contributed by atoms with van der Waals surface area (Å²) in [5, 5.41) is 9.22. The summed E-state index contributed by atoms with van der Waals surface area (Å²) in [6.07, 6.45) is 1.66. The van der Waals surface area contributed by atoms with Gasteiger partial charge < -0.3 is 9.84 Å². The van der Waals surface area contributed by atoms with Gasteiger partial charge in [-0.15, -0.1) is 0 Å². The van der Waals surface area contributed by atoms with Crippen molar-refractivity contribution in [3.05, 3.63) is 52.3 Å². The van der Waals surface area contributed by atoms with Gasteiger partial charge in [0.25, 0.3) is 0 Å². The second-order valence-corrected chi connectivity index (χ2v) is 4.56. The number of aliphatic hydroxyl groups excluding tert-OH is 1. The first-order chi connectivity index (χ1) is 8.19. The molecular formula is C13H12BrNO2. The molecule has 1 aromatic carbocycles. The Labute approximate surface area is 108 Å². The molecule has 0 amide bonds. The normalized spacial score (nSPS) is 10.3. The summed E-state index contributed by atoms with van der Waals surface area (Å²) < 4.78 is 6.59. The number of aromatic nitrogens is 1. The molecule has 0 unspecified atom stereocenters. The zero-order chi connectivity index (χ0) is 12.3. The highest BCUT2D eigenvalue weighted by Crippen LogP contribution is 2.28. The molecule has 0 saturated heterocycles. The van der Waals surface area contributed by atoms with Crippen LogP contribution in [0.3, 0.4) is 0 Å². The standard InChI is InChI=1S/C13H12BrNO2/c1-9-2-5-12(7-15-9)17-13-6-11(14)4-3-10(13)8-16/h2-7,16H,8H2,1H3. The van der Waals surface area contributed by atoms with Crippen molar-refractivity contribution in [2.75, 3.05) is 0 Å². The Hall–Kier alpha value is -1.39. The minimum absolute atomic E-state index is 0.0537. The minimum Gasteiger partial charge on any atom is -0.455 e. The van der Waals surface area contributed by atoms with Crippen LogP contribution in [0, 0.1) is 6.92 Å². The molecule has 0 fully saturated rings. The van der Waals surface area contributed by atoms with E-state index in [1.165, 1.54) is 0 Å². The first-order valence-electron chi connectivity index (χ1n) is 5.19. The lowest BCUT2D eigenvalue weighted by atomic mass is 10.2. The maximum atomic E-state index is 9.22. The lowest BCUT2D eigenvalue weighted by molar-refractivity contribution is 0.276. The summed E-state index contributed by atoms with van der Waals surface area (Å²) in [6.45, 7) is 1.87. The number of pyridine rings is 1. The van der Waals surface area contributed by atoms with Gasteiger partial charge in [0.15, 0.2) is 0 Å². The largest absolute Gasteiger partial charge is 0.455 e. The van der Waals surface area contributed by atoms with E-state index in [1.807, 2.05) is 37.3 Å². The first kappa shape index (κ1) is 12.1. The van der Waals surface area contributed by atoms with Crippen LogP contribution in [0.15, 0.2) is 41.0 Å². The number of hydrogen-bond donors (Lipinski definition) is 1. The molecule has 1 heterocycles. The van der Waals surface area contributed by atoms with Crippen molar-refractivity contribution in [1.82, 2.24) is 4.98 Å². The van der Waals surface area contributed by atoms with E-state index in [-0.39, 0.29) is 6.61 Å². The Bertz CT molecular complexity index is 511. The fourth-order valence-electron chi connectivity index (χ4n) is 1.40. The number of aliphatic hydroxyl groups is 1. The van der Waals surface area contributed by atoms with E-state index < -0.39 is 0 Å². The third kappa shape index (κ3) is 3.05. The average molecular weight is 294 g/mol. The molecular weight excluding hydrogens is 282 g/mol. The smallest absolute Gasteiger partial charge is 0.145 e. The van der Waals surface area contributed by atoms with E-state index >= 15 is 0 Å². The molecule has 0 bridgehead atoms. The molecule has 88 valence electrons. The van der Waals surface area contributed by atoms with E-state index in [0.29, 0.717) is 11.5 Å². The van der Waals surface area contributed by atoms with Crippen molar-refractivity contribution in [1.29, 1.82) is 0 Å². The second kappa shape index (κ2) is 5.29. The van der Waals surface area contributed by atoms with Gasteiger partial charge in [-0.1, -0.05) is 22.0 Å². The zero-order valence-electron chi connectivity index (χ0n) is 9.35. The number of aryl methyl sites for hydroxylation is 1. The number of ether oxygens (including phenoxy) is 1. The van der Waals surface area contributed by atoms with Crippen LogP contribution in [0.2, 0.25) is 0 Å². The highest BCUT2D eigenvalue weighted by molar-refractivity contribution is 9.10. The molecule has 0 atom stereocenters. The van der Waals surface area contributed by atoms with E-state index in [4.69, 9.17) is 4.74 Å². The van der Waals surface area contributed by atoms with Crippen molar-refractivity contribution in [3.63, 3.8) is 0 Å². The summed E-state index contributed by atoms with van der Waals surface area (Å²) >= 11 is 3.37. The monoisotopic (exact) mass is 293 g/mol. The summed E-state index contributed by atoms with van der Waals surface area (Å²) in [6, 6.07) is 9.24. The van der Waals surface area contributed by atoms with Crippen molar-refractivity contribution in [3.8, 4) is 11.5 Å². The number of nitrogens with zero attached hydrogens (tertiary/aromatic N) is 1. The van der Waals surface area contributed by atoms with Gasteiger partial charge in [0.05, 0.1) is 12.8 Å². The van der Waals surface area contributed by atoms with Gasteiger partial charge >= 0.3 is 0 Å². The number of halogens is 1. The predicted molar refractivity (Wildman–Crippen MR) is 69.1 cm³/mol. The molecule has 0 spiro atoms. The Morgan fingerprint density at radius 3 is 2.76 bits per heavy atom. The molecule has 0 radical (unpaired) electrons. The highest BCUT2D eigenvalue weighted by Gasteiger charge is 2.05. The Balaban J connectivity index is 2.28. The van der Waals surface area contributed by atoms with Crippen molar-refractivity contribution >= 4 is 15.9 Å².